The number of guanidine groups is 1. The van der Waals surface area contributed by atoms with Crippen LogP contribution in [-0.2, 0) is 6.42 Å². The third-order valence-electron chi connectivity index (χ3n) is 5.55. The van der Waals surface area contributed by atoms with Gasteiger partial charge in [-0.1, -0.05) is 18.2 Å². The number of hydrogen-bond donors (Lipinski definition) is 2. The van der Waals surface area contributed by atoms with Gasteiger partial charge in [-0.05, 0) is 38.3 Å². The normalized spacial score (nSPS) is 19.1. The molecule has 2 aliphatic rings. The van der Waals surface area contributed by atoms with Gasteiger partial charge in [-0.15, -0.1) is 35.3 Å². The Bertz CT molecular complexity index is 790. The molecule has 0 amide bonds. The van der Waals surface area contributed by atoms with Crippen molar-refractivity contribution >= 4 is 52.1 Å². The largest absolute Gasteiger partial charge is 0.369 e. The number of hydrogen-bond acceptors (Lipinski definition) is 5. The number of anilines is 2. The van der Waals surface area contributed by atoms with Crippen molar-refractivity contribution in [3.05, 3.63) is 41.4 Å². The van der Waals surface area contributed by atoms with E-state index in [1.807, 2.05) is 0 Å². The van der Waals surface area contributed by atoms with E-state index in [0.29, 0.717) is 6.04 Å². The molecule has 4 rings (SSSR count). The lowest BCUT2D eigenvalue weighted by molar-refractivity contribution is 0.649. The molecule has 1 aromatic carbocycles. The van der Waals surface area contributed by atoms with Gasteiger partial charge < -0.3 is 20.4 Å². The number of aliphatic imine (C=N–C) groups is 1. The van der Waals surface area contributed by atoms with Gasteiger partial charge in [0.1, 0.15) is 0 Å². The predicted octanol–water partition coefficient (Wildman–Crippen LogP) is 3.74. The highest BCUT2D eigenvalue weighted by molar-refractivity contribution is 14.0. The van der Waals surface area contributed by atoms with Crippen LogP contribution in [0.3, 0.4) is 0 Å². The van der Waals surface area contributed by atoms with Gasteiger partial charge in [0, 0.05) is 62.8 Å². The first-order valence-corrected chi connectivity index (χ1v) is 11.7. The molecule has 0 radical (unpaired) electrons. The molecule has 1 aromatic heterocycles. The van der Waals surface area contributed by atoms with Gasteiger partial charge in [0.15, 0.2) is 11.1 Å². The summed E-state index contributed by atoms with van der Waals surface area (Å²) >= 11 is 1.77. The Morgan fingerprint density at radius 3 is 2.73 bits per heavy atom. The van der Waals surface area contributed by atoms with Gasteiger partial charge in [-0.2, -0.15) is 0 Å². The summed E-state index contributed by atoms with van der Waals surface area (Å²) in [5, 5.41) is 10.4. The van der Waals surface area contributed by atoms with E-state index in [4.69, 9.17) is 9.98 Å². The number of nitrogens with zero attached hydrogens (tertiary/aromatic N) is 4. The maximum absolute atomic E-state index is 4.81. The first-order chi connectivity index (χ1) is 14.3. The minimum Gasteiger partial charge on any atom is -0.369 e. The van der Waals surface area contributed by atoms with Crippen molar-refractivity contribution in [1.29, 1.82) is 0 Å². The SMILES string of the molecule is CCNC(=NCCc1csc(N2CCCC2)n1)NC1CCN(c2ccccc2)C1.I. The smallest absolute Gasteiger partial charge is 0.191 e. The maximum Gasteiger partial charge on any atom is 0.191 e. The molecular formula is C22H33IN6S. The van der Waals surface area contributed by atoms with E-state index in [0.717, 1.165) is 63.8 Å². The van der Waals surface area contributed by atoms with Crippen molar-refractivity contribution in [2.75, 3.05) is 49.1 Å². The Morgan fingerprint density at radius 2 is 1.97 bits per heavy atom. The second-order valence-electron chi connectivity index (χ2n) is 7.74. The van der Waals surface area contributed by atoms with E-state index >= 15 is 0 Å². The number of aromatic nitrogens is 1. The lowest BCUT2D eigenvalue weighted by Gasteiger charge is -2.20. The first kappa shape index (κ1) is 23.1. The Labute approximate surface area is 201 Å². The molecule has 2 aliphatic heterocycles. The van der Waals surface area contributed by atoms with Crippen LogP contribution in [0, 0.1) is 0 Å². The molecule has 2 fully saturated rings. The van der Waals surface area contributed by atoms with E-state index in [2.05, 4.69) is 63.1 Å². The summed E-state index contributed by atoms with van der Waals surface area (Å²) in [4.78, 5) is 14.5. The third kappa shape index (κ3) is 6.23. The molecule has 1 atom stereocenters. The van der Waals surface area contributed by atoms with E-state index in [-0.39, 0.29) is 24.0 Å². The molecule has 164 valence electrons. The zero-order chi connectivity index (χ0) is 19.9. The second-order valence-corrected chi connectivity index (χ2v) is 8.57. The molecule has 3 heterocycles. The summed E-state index contributed by atoms with van der Waals surface area (Å²) in [5.41, 5.74) is 2.46. The Kier molecular flexibility index (Phi) is 9.05. The molecule has 2 saturated heterocycles. The Balaban J connectivity index is 0.00000256. The van der Waals surface area contributed by atoms with Crippen LogP contribution in [0.4, 0.5) is 10.8 Å². The summed E-state index contributed by atoms with van der Waals surface area (Å²) in [6.45, 7) is 8.15. The van der Waals surface area contributed by atoms with Crippen molar-refractivity contribution < 1.29 is 0 Å². The van der Waals surface area contributed by atoms with Crippen molar-refractivity contribution in [3.63, 3.8) is 0 Å². The molecule has 8 heteroatoms. The molecular weight excluding hydrogens is 507 g/mol. The highest BCUT2D eigenvalue weighted by atomic mass is 127. The van der Waals surface area contributed by atoms with Gasteiger partial charge in [0.05, 0.1) is 5.69 Å². The van der Waals surface area contributed by atoms with Crippen LogP contribution >= 0.6 is 35.3 Å². The van der Waals surface area contributed by atoms with Crippen LogP contribution in [0.1, 0.15) is 31.9 Å². The maximum atomic E-state index is 4.81. The molecule has 2 aromatic rings. The van der Waals surface area contributed by atoms with Gasteiger partial charge in [0.25, 0.3) is 0 Å². The van der Waals surface area contributed by atoms with Crippen molar-refractivity contribution in [3.8, 4) is 0 Å². The molecule has 2 N–H and O–H groups in total. The van der Waals surface area contributed by atoms with E-state index in [1.165, 1.54) is 23.7 Å². The predicted molar refractivity (Wildman–Crippen MR) is 139 cm³/mol. The standard InChI is InChI=1S/C22H32N6S.HI/c1-2-23-21(25-18-11-15-28(16-18)20-8-4-3-5-9-20)24-12-10-19-17-29-22(26-19)27-13-6-7-14-27;/h3-5,8-9,17-18H,2,6-7,10-16H2,1H3,(H2,23,24,25);1H. The minimum atomic E-state index is 0. The molecule has 0 saturated carbocycles. The highest BCUT2D eigenvalue weighted by Gasteiger charge is 2.23. The summed E-state index contributed by atoms with van der Waals surface area (Å²) in [6, 6.07) is 11.1. The third-order valence-corrected chi connectivity index (χ3v) is 6.50. The average molecular weight is 541 g/mol. The number of nitrogens with one attached hydrogen (secondary N) is 2. The van der Waals surface area contributed by atoms with Gasteiger partial charge >= 0.3 is 0 Å². The summed E-state index contributed by atoms with van der Waals surface area (Å²) < 4.78 is 0. The monoisotopic (exact) mass is 540 g/mol. The summed E-state index contributed by atoms with van der Waals surface area (Å²) in [6.07, 6.45) is 4.60. The van der Waals surface area contributed by atoms with Crippen LogP contribution in [0.2, 0.25) is 0 Å². The quantitative estimate of drug-likeness (QED) is 0.319. The minimum absolute atomic E-state index is 0. The van der Waals surface area contributed by atoms with Gasteiger partial charge in [-0.3, -0.25) is 4.99 Å². The summed E-state index contributed by atoms with van der Waals surface area (Å²) in [5.74, 6) is 0.919. The van der Waals surface area contributed by atoms with Gasteiger partial charge in [0.2, 0.25) is 0 Å². The molecule has 0 aliphatic carbocycles. The van der Waals surface area contributed by atoms with Crippen LogP contribution < -0.4 is 20.4 Å². The van der Waals surface area contributed by atoms with Crippen LogP contribution in [0.25, 0.3) is 0 Å². The zero-order valence-corrected chi connectivity index (χ0v) is 20.9. The van der Waals surface area contributed by atoms with Crippen LogP contribution in [0.5, 0.6) is 0 Å². The fourth-order valence-corrected chi connectivity index (χ4v) is 4.93. The van der Waals surface area contributed by atoms with Crippen molar-refractivity contribution in [2.45, 2.75) is 38.6 Å². The fraction of sp³-hybridized carbons (Fsp3) is 0.545. The number of benzene rings is 1. The lowest BCUT2D eigenvalue weighted by atomic mass is 10.2. The molecule has 1 unspecified atom stereocenters. The number of halogens is 1. The fourth-order valence-electron chi connectivity index (χ4n) is 4.01. The first-order valence-electron chi connectivity index (χ1n) is 10.9. The van der Waals surface area contributed by atoms with E-state index < -0.39 is 0 Å². The molecule has 0 spiro atoms. The van der Waals surface area contributed by atoms with E-state index in [9.17, 15) is 0 Å². The van der Waals surface area contributed by atoms with Crippen LogP contribution in [-0.4, -0.2) is 56.3 Å². The zero-order valence-electron chi connectivity index (χ0n) is 17.7. The van der Waals surface area contributed by atoms with Crippen molar-refractivity contribution in [2.24, 2.45) is 4.99 Å². The molecule has 30 heavy (non-hydrogen) atoms. The number of para-hydroxylation sites is 1. The average Bonchev–Trinajstić information content (AvgIpc) is 3.50. The number of rotatable bonds is 7. The van der Waals surface area contributed by atoms with Gasteiger partial charge in [-0.25, -0.2) is 4.98 Å². The topological polar surface area (TPSA) is 55.8 Å². The Morgan fingerprint density at radius 1 is 1.17 bits per heavy atom. The van der Waals surface area contributed by atoms with Crippen LogP contribution in [0.15, 0.2) is 40.7 Å². The Hall–Kier alpha value is -1.55. The second kappa shape index (κ2) is 11.7. The summed E-state index contributed by atoms with van der Waals surface area (Å²) in [7, 11) is 0. The molecule has 0 bridgehead atoms. The molecule has 6 nitrogen and oxygen atoms in total. The highest BCUT2D eigenvalue weighted by Crippen LogP contribution is 2.24. The lowest BCUT2D eigenvalue weighted by Crippen LogP contribution is -2.44. The van der Waals surface area contributed by atoms with E-state index in [1.54, 1.807) is 11.3 Å². The number of thiazole rings is 1. The van der Waals surface area contributed by atoms with Crippen molar-refractivity contribution in [1.82, 2.24) is 15.6 Å².